The van der Waals surface area contributed by atoms with Gasteiger partial charge in [0.15, 0.2) is 0 Å². The fourth-order valence-corrected chi connectivity index (χ4v) is 2.63. The predicted molar refractivity (Wildman–Crippen MR) is 77.6 cm³/mol. The second-order valence-corrected chi connectivity index (χ2v) is 5.81. The van der Waals surface area contributed by atoms with Crippen molar-refractivity contribution in [3.05, 3.63) is 27.7 Å². The highest BCUT2D eigenvalue weighted by atomic mass is 79.9. The summed E-state index contributed by atoms with van der Waals surface area (Å²) in [6.07, 6.45) is 3.26. The number of nitrogen functional groups attached to an aromatic ring is 1. The van der Waals surface area contributed by atoms with Crippen LogP contribution in [0.2, 0.25) is 0 Å². The summed E-state index contributed by atoms with van der Waals surface area (Å²) in [4.78, 5) is 14.6. The molecule has 18 heavy (non-hydrogen) atoms. The largest absolute Gasteiger partial charge is 0.398 e. The third kappa shape index (κ3) is 2.69. The smallest absolute Gasteiger partial charge is 0.254 e. The Kier molecular flexibility index (Phi) is 3.95. The lowest BCUT2D eigenvalue weighted by atomic mass is 10.1. The summed E-state index contributed by atoms with van der Waals surface area (Å²) in [5.74, 6) is 0.116. The summed E-state index contributed by atoms with van der Waals surface area (Å²) in [6.45, 7) is 4.84. The number of nitrogens with two attached hydrogens (primary N) is 1. The van der Waals surface area contributed by atoms with Crippen LogP contribution in [0.3, 0.4) is 0 Å². The van der Waals surface area contributed by atoms with Crippen LogP contribution >= 0.6 is 15.9 Å². The lowest BCUT2D eigenvalue weighted by molar-refractivity contribution is 0.0742. The van der Waals surface area contributed by atoms with Gasteiger partial charge in [0.05, 0.1) is 0 Å². The van der Waals surface area contributed by atoms with Crippen LogP contribution in [-0.4, -0.2) is 23.4 Å². The van der Waals surface area contributed by atoms with Crippen molar-refractivity contribution < 1.29 is 4.79 Å². The van der Waals surface area contributed by atoms with Crippen LogP contribution in [0.25, 0.3) is 0 Å². The van der Waals surface area contributed by atoms with E-state index in [0.717, 1.165) is 41.4 Å². The molecule has 1 aliphatic carbocycles. The number of rotatable bonds is 4. The van der Waals surface area contributed by atoms with Crippen LogP contribution in [0.5, 0.6) is 0 Å². The number of benzene rings is 1. The molecule has 0 aromatic heterocycles. The highest BCUT2D eigenvalue weighted by Crippen LogP contribution is 2.30. The molecule has 0 aliphatic heterocycles. The van der Waals surface area contributed by atoms with Crippen molar-refractivity contribution >= 4 is 27.5 Å². The Labute approximate surface area is 116 Å². The molecule has 1 aliphatic rings. The Balaban J connectivity index is 2.31. The molecule has 1 aromatic rings. The zero-order chi connectivity index (χ0) is 13.3. The average Bonchev–Trinajstić information content (AvgIpc) is 3.14. The number of hydrogen-bond acceptors (Lipinski definition) is 2. The molecule has 2 rings (SSSR count). The van der Waals surface area contributed by atoms with E-state index in [1.807, 2.05) is 24.0 Å². The van der Waals surface area contributed by atoms with Crippen LogP contribution in [0, 0.1) is 6.92 Å². The molecular formula is C14H19BrN2O. The van der Waals surface area contributed by atoms with E-state index in [0.29, 0.717) is 11.7 Å². The van der Waals surface area contributed by atoms with Crippen molar-refractivity contribution in [3.8, 4) is 0 Å². The van der Waals surface area contributed by atoms with Crippen LogP contribution in [0.4, 0.5) is 5.69 Å². The van der Waals surface area contributed by atoms with Gasteiger partial charge in [0, 0.05) is 28.3 Å². The van der Waals surface area contributed by atoms with Crippen molar-refractivity contribution in [1.29, 1.82) is 0 Å². The van der Waals surface area contributed by atoms with Crippen LogP contribution in [0.1, 0.15) is 42.1 Å². The van der Waals surface area contributed by atoms with E-state index >= 15 is 0 Å². The highest BCUT2D eigenvalue weighted by Gasteiger charge is 2.33. The van der Waals surface area contributed by atoms with Crippen LogP contribution in [-0.2, 0) is 0 Å². The number of halogens is 1. The Morgan fingerprint density at radius 2 is 2.17 bits per heavy atom. The Hall–Kier alpha value is -1.03. The van der Waals surface area contributed by atoms with Crippen molar-refractivity contribution in [2.24, 2.45) is 0 Å². The molecule has 0 saturated heterocycles. The molecule has 1 amide bonds. The van der Waals surface area contributed by atoms with Gasteiger partial charge in [-0.3, -0.25) is 4.79 Å². The molecule has 0 atom stereocenters. The second kappa shape index (κ2) is 5.31. The van der Waals surface area contributed by atoms with Gasteiger partial charge in [-0.2, -0.15) is 0 Å². The number of anilines is 1. The minimum absolute atomic E-state index is 0.116. The van der Waals surface area contributed by atoms with Gasteiger partial charge in [0.2, 0.25) is 0 Å². The summed E-state index contributed by atoms with van der Waals surface area (Å²) >= 11 is 3.41. The summed E-state index contributed by atoms with van der Waals surface area (Å²) in [7, 11) is 0. The fourth-order valence-electron chi connectivity index (χ4n) is 2.15. The van der Waals surface area contributed by atoms with Gasteiger partial charge < -0.3 is 10.6 Å². The molecular weight excluding hydrogens is 292 g/mol. The molecule has 0 heterocycles. The topological polar surface area (TPSA) is 46.3 Å². The third-order valence-corrected chi connectivity index (χ3v) is 3.81. The first-order valence-corrected chi connectivity index (χ1v) is 7.20. The van der Waals surface area contributed by atoms with Crippen molar-refractivity contribution in [2.75, 3.05) is 12.3 Å². The lowest BCUT2D eigenvalue weighted by Crippen LogP contribution is -2.34. The molecule has 0 radical (unpaired) electrons. The monoisotopic (exact) mass is 310 g/mol. The standard InChI is InChI=1S/C14H19BrN2O/c1-3-6-17(11-4-5-11)14(18)12-7-10(15)8-13(16)9(12)2/h7-8,11H,3-6,16H2,1-2H3. The van der Waals surface area contributed by atoms with Gasteiger partial charge in [0.25, 0.3) is 5.91 Å². The minimum atomic E-state index is 0.116. The Morgan fingerprint density at radius 1 is 1.50 bits per heavy atom. The lowest BCUT2D eigenvalue weighted by Gasteiger charge is -2.23. The van der Waals surface area contributed by atoms with Gasteiger partial charge in [-0.25, -0.2) is 0 Å². The molecule has 1 aromatic carbocycles. The van der Waals surface area contributed by atoms with Gasteiger partial charge >= 0.3 is 0 Å². The molecule has 1 saturated carbocycles. The SMILES string of the molecule is CCCN(C(=O)c1cc(Br)cc(N)c1C)C1CC1. The maximum absolute atomic E-state index is 12.6. The van der Waals surface area contributed by atoms with Crippen molar-refractivity contribution in [2.45, 2.75) is 39.2 Å². The first kappa shape index (κ1) is 13.4. The van der Waals surface area contributed by atoms with E-state index in [-0.39, 0.29) is 5.91 Å². The first-order valence-electron chi connectivity index (χ1n) is 6.41. The van der Waals surface area contributed by atoms with E-state index < -0.39 is 0 Å². The fraction of sp³-hybridized carbons (Fsp3) is 0.500. The van der Waals surface area contributed by atoms with E-state index in [1.165, 1.54) is 0 Å². The van der Waals surface area contributed by atoms with Crippen molar-refractivity contribution in [1.82, 2.24) is 4.90 Å². The Morgan fingerprint density at radius 3 is 2.72 bits per heavy atom. The molecule has 98 valence electrons. The van der Waals surface area contributed by atoms with Gasteiger partial charge in [-0.1, -0.05) is 22.9 Å². The number of carbonyl (C=O) groups is 1. The zero-order valence-electron chi connectivity index (χ0n) is 10.9. The van der Waals surface area contributed by atoms with E-state index in [2.05, 4.69) is 22.9 Å². The van der Waals surface area contributed by atoms with Gasteiger partial charge in [0.1, 0.15) is 0 Å². The summed E-state index contributed by atoms with van der Waals surface area (Å²) in [5, 5.41) is 0. The zero-order valence-corrected chi connectivity index (χ0v) is 12.5. The minimum Gasteiger partial charge on any atom is -0.398 e. The molecule has 0 spiro atoms. The molecule has 2 N–H and O–H groups in total. The first-order chi connectivity index (χ1) is 8.54. The maximum Gasteiger partial charge on any atom is 0.254 e. The summed E-state index contributed by atoms with van der Waals surface area (Å²) < 4.78 is 0.862. The second-order valence-electron chi connectivity index (χ2n) is 4.90. The van der Waals surface area contributed by atoms with E-state index in [4.69, 9.17) is 5.73 Å². The number of carbonyl (C=O) groups excluding carboxylic acids is 1. The normalized spacial score (nSPS) is 14.6. The summed E-state index contributed by atoms with van der Waals surface area (Å²) in [5.41, 5.74) is 8.19. The van der Waals surface area contributed by atoms with Crippen molar-refractivity contribution in [3.63, 3.8) is 0 Å². The van der Waals surface area contributed by atoms with E-state index in [1.54, 1.807) is 0 Å². The van der Waals surface area contributed by atoms with Gasteiger partial charge in [-0.15, -0.1) is 0 Å². The molecule has 1 fully saturated rings. The van der Waals surface area contributed by atoms with Crippen LogP contribution < -0.4 is 5.73 Å². The predicted octanol–water partition coefficient (Wildman–Crippen LogP) is 3.35. The van der Waals surface area contributed by atoms with Crippen LogP contribution in [0.15, 0.2) is 16.6 Å². The summed E-state index contributed by atoms with van der Waals surface area (Å²) in [6, 6.07) is 4.16. The Bertz CT molecular complexity index is 469. The van der Waals surface area contributed by atoms with Gasteiger partial charge in [-0.05, 0) is 43.9 Å². The van der Waals surface area contributed by atoms with E-state index in [9.17, 15) is 4.79 Å². The number of hydrogen-bond donors (Lipinski definition) is 1. The number of nitrogens with zero attached hydrogens (tertiary/aromatic N) is 1. The molecule has 3 nitrogen and oxygen atoms in total. The molecule has 4 heteroatoms. The number of amides is 1. The highest BCUT2D eigenvalue weighted by molar-refractivity contribution is 9.10. The third-order valence-electron chi connectivity index (χ3n) is 3.36. The molecule has 0 bridgehead atoms. The molecule has 0 unspecified atom stereocenters. The quantitative estimate of drug-likeness (QED) is 0.867. The average molecular weight is 311 g/mol. The maximum atomic E-state index is 12.6.